The zero-order chi connectivity index (χ0) is 25.6. The fraction of sp³-hybridized carbons (Fsp3) is 0.0909. The van der Waals surface area contributed by atoms with E-state index in [-0.39, 0.29) is 11.5 Å². The molecule has 0 aliphatic carbocycles. The predicted octanol–water partition coefficient (Wildman–Crippen LogP) is 3.67. The number of fused-ring (bicyclic) bond motifs is 1. The van der Waals surface area contributed by atoms with Crippen LogP contribution in [0.1, 0.15) is 21.6 Å². The van der Waals surface area contributed by atoms with Crippen LogP contribution >= 0.6 is 0 Å². The molecule has 14 heteroatoms. The Kier molecular flexibility index (Phi) is 5.35. The molecule has 0 bridgehead atoms. The maximum absolute atomic E-state index is 14.6. The lowest BCUT2D eigenvalue weighted by atomic mass is 10.1. The number of amides is 1. The molecule has 36 heavy (non-hydrogen) atoms. The number of alkyl halides is 3. The highest BCUT2D eigenvalue weighted by Gasteiger charge is 2.31. The summed E-state index contributed by atoms with van der Waals surface area (Å²) < 4.78 is 56.5. The quantitative estimate of drug-likeness (QED) is 0.363. The van der Waals surface area contributed by atoms with Crippen molar-refractivity contribution in [1.29, 1.82) is 0 Å². The van der Waals surface area contributed by atoms with Gasteiger partial charge in [-0.1, -0.05) is 0 Å². The first-order valence-electron chi connectivity index (χ1n) is 10.3. The molecule has 0 fully saturated rings. The maximum atomic E-state index is 14.6. The van der Waals surface area contributed by atoms with Crippen LogP contribution in [-0.4, -0.2) is 40.3 Å². The van der Waals surface area contributed by atoms with E-state index in [4.69, 9.17) is 5.73 Å². The molecule has 0 aliphatic rings. The molecule has 4 aromatic heterocycles. The van der Waals surface area contributed by atoms with Gasteiger partial charge in [-0.05, 0) is 36.8 Å². The Hall–Kier alpha value is -4.88. The first-order valence-corrected chi connectivity index (χ1v) is 10.3. The van der Waals surface area contributed by atoms with E-state index in [1.807, 2.05) is 0 Å². The van der Waals surface area contributed by atoms with E-state index in [0.717, 1.165) is 12.3 Å². The molecule has 0 saturated carbocycles. The first-order chi connectivity index (χ1) is 17.1. The Bertz CT molecular complexity index is 1620. The molecular weight excluding hydrogens is 482 g/mol. The lowest BCUT2D eigenvalue weighted by Gasteiger charge is -2.12. The molecule has 4 heterocycles. The summed E-state index contributed by atoms with van der Waals surface area (Å²) in [6.45, 7) is 1.64. The van der Waals surface area contributed by atoms with Gasteiger partial charge in [0.2, 0.25) is 0 Å². The number of benzene rings is 1. The number of imidazole rings is 1. The van der Waals surface area contributed by atoms with Crippen LogP contribution in [0.25, 0.3) is 22.6 Å². The summed E-state index contributed by atoms with van der Waals surface area (Å²) >= 11 is 0. The van der Waals surface area contributed by atoms with E-state index >= 15 is 0 Å². The van der Waals surface area contributed by atoms with E-state index in [1.165, 1.54) is 33.9 Å². The van der Waals surface area contributed by atoms with Gasteiger partial charge in [0.1, 0.15) is 17.8 Å². The van der Waals surface area contributed by atoms with Crippen molar-refractivity contribution in [3.8, 4) is 16.9 Å². The third kappa shape index (κ3) is 4.08. The minimum absolute atomic E-state index is 0.202. The predicted molar refractivity (Wildman–Crippen MR) is 120 cm³/mol. The molecule has 10 nitrogen and oxygen atoms in total. The van der Waals surface area contributed by atoms with E-state index in [0.29, 0.717) is 34.2 Å². The number of nitrogens with zero attached hydrogens (tertiary/aromatic N) is 7. The molecule has 182 valence electrons. The Balaban J connectivity index is 1.47. The Labute approximate surface area is 199 Å². The van der Waals surface area contributed by atoms with Crippen LogP contribution in [0.4, 0.5) is 29.1 Å². The van der Waals surface area contributed by atoms with Gasteiger partial charge >= 0.3 is 6.18 Å². The average molecular weight is 497 g/mol. The molecule has 0 radical (unpaired) electrons. The number of halogens is 4. The lowest BCUT2D eigenvalue weighted by Crippen LogP contribution is -2.17. The minimum atomic E-state index is -4.66. The van der Waals surface area contributed by atoms with Crippen molar-refractivity contribution in [2.24, 2.45) is 0 Å². The largest absolute Gasteiger partial charge is 0.416 e. The molecule has 0 aliphatic heterocycles. The summed E-state index contributed by atoms with van der Waals surface area (Å²) in [4.78, 5) is 24.3. The van der Waals surface area contributed by atoms with Crippen molar-refractivity contribution in [2.75, 3.05) is 11.1 Å². The van der Waals surface area contributed by atoms with E-state index < -0.39 is 29.2 Å². The minimum Gasteiger partial charge on any atom is -0.381 e. The van der Waals surface area contributed by atoms with Gasteiger partial charge < -0.3 is 11.1 Å². The van der Waals surface area contributed by atoms with Crippen molar-refractivity contribution in [3.05, 3.63) is 78.0 Å². The Morgan fingerprint density at radius 2 is 1.89 bits per heavy atom. The van der Waals surface area contributed by atoms with Gasteiger partial charge in [0.25, 0.3) is 5.91 Å². The Morgan fingerprint density at radius 1 is 1.08 bits per heavy atom. The van der Waals surface area contributed by atoms with E-state index in [9.17, 15) is 22.4 Å². The van der Waals surface area contributed by atoms with Crippen molar-refractivity contribution in [2.45, 2.75) is 13.1 Å². The second-order valence-electron chi connectivity index (χ2n) is 7.70. The summed E-state index contributed by atoms with van der Waals surface area (Å²) in [7, 11) is 0. The third-order valence-corrected chi connectivity index (χ3v) is 5.31. The third-order valence-electron chi connectivity index (χ3n) is 5.31. The van der Waals surface area contributed by atoms with Crippen LogP contribution in [0.5, 0.6) is 0 Å². The number of pyridine rings is 1. The van der Waals surface area contributed by atoms with Gasteiger partial charge in [-0.3, -0.25) is 9.78 Å². The number of nitrogens with two attached hydrogens (primary N) is 1. The van der Waals surface area contributed by atoms with E-state index in [1.54, 1.807) is 19.3 Å². The van der Waals surface area contributed by atoms with Gasteiger partial charge in [-0.2, -0.15) is 23.4 Å². The lowest BCUT2D eigenvalue weighted by molar-refractivity contribution is -0.137. The number of carbonyl (C=O) groups is 1. The number of hydrogen-bond donors (Lipinski definition) is 2. The molecule has 0 unspecified atom stereocenters. The van der Waals surface area contributed by atoms with Crippen LogP contribution < -0.4 is 11.1 Å². The Morgan fingerprint density at radius 3 is 2.67 bits per heavy atom. The van der Waals surface area contributed by atoms with Gasteiger partial charge in [-0.25, -0.2) is 23.6 Å². The molecular formula is C22H15F4N9O. The second kappa shape index (κ2) is 8.41. The van der Waals surface area contributed by atoms with Crippen LogP contribution in [0.3, 0.4) is 0 Å². The van der Waals surface area contributed by atoms with E-state index in [2.05, 4.69) is 30.5 Å². The number of aryl methyl sites for hydroxylation is 1. The van der Waals surface area contributed by atoms with Gasteiger partial charge in [0, 0.05) is 18.0 Å². The maximum Gasteiger partial charge on any atom is 0.416 e. The fourth-order valence-corrected chi connectivity index (χ4v) is 3.54. The number of nitrogens with one attached hydrogen (secondary N) is 1. The van der Waals surface area contributed by atoms with Gasteiger partial charge in [0.15, 0.2) is 11.5 Å². The number of carbonyl (C=O) groups excluding carboxylic acids is 1. The van der Waals surface area contributed by atoms with Crippen molar-refractivity contribution in [1.82, 2.24) is 34.3 Å². The highest BCUT2D eigenvalue weighted by Crippen LogP contribution is 2.30. The summed E-state index contributed by atoms with van der Waals surface area (Å²) in [5, 5.41) is 10.7. The molecule has 0 atom stereocenters. The van der Waals surface area contributed by atoms with Crippen molar-refractivity contribution in [3.63, 3.8) is 0 Å². The molecule has 1 amide bonds. The number of nitrogen functional groups attached to an aromatic ring is 1. The van der Waals surface area contributed by atoms with Crippen LogP contribution in [0.2, 0.25) is 0 Å². The monoisotopic (exact) mass is 497 g/mol. The summed E-state index contributed by atoms with van der Waals surface area (Å²) in [6, 6.07) is 3.82. The number of hydrogen-bond acceptors (Lipinski definition) is 7. The normalized spacial score (nSPS) is 11.7. The number of anilines is 2. The van der Waals surface area contributed by atoms with Crippen molar-refractivity contribution < 1.29 is 22.4 Å². The average Bonchev–Trinajstić information content (AvgIpc) is 3.48. The fourth-order valence-electron chi connectivity index (χ4n) is 3.54. The van der Waals surface area contributed by atoms with Crippen LogP contribution in [0.15, 0.2) is 55.4 Å². The molecule has 3 N–H and O–H groups in total. The topological polar surface area (TPSA) is 129 Å². The van der Waals surface area contributed by atoms with Gasteiger partial charge in [-0.15, -0.1) is 0 Å². The zero-order valence-corrected chi connectivity index (χ0v) is 18.3. The van der Waals surface area contributed by atoms with Gasteiger partial charge in [0.05, 0.1) is 35.0 Å². The smallest absolute Gasteiger partial charge is 0.381 e. The summed E-state index contributed by atoms with van der Waals surface area (Å²) in [5.74, 6) is -1.58. The molecule has 5 aromatic rings. The summed E-state index contributed by atoms with van der Waals surface area (Å²) in [5.41, 5.74) is 6.47. The first kappa shape index (κ1) is 22.9. The standard InChI is InChI=1S/C22H15F4N9O/c1-11-4-14(23)15(33-21(36)16-5-13(2-3-28-16)22(24,25)26)6-17(11)34-9-12(7-31-34)18-8-29-20-19(27)30-10-32-35(18)20/h2-10H,1H3,(H,33,36)(H2,27,30,32). The SMILES string of the molecule is Cc1cc(F)c(NC(=O)c2cc(C(F)(F)F)ccn2)cc1-n1cc(-c2cnc3c(N)ncnn23)cn1. The highest BCUT2D eigenvalue weighted by molar-refractivity contribution is 6.03. The van der Waals surface area contributed by atoms with Crippen molar-refractivity contribution >= 4 is 23.1 Å². The number of rotatable bonds is 4. The summed E-state index contributed by atoms with van der Waals surface area (Å²) in [6.07, 6.45) is 2.22. The van der Waals surface area contributed by atoms with Crippen LogP contribution in [-0.2, 0) is 6.18 Å². The molecule has 1 aromatic carbocycles. The molecule has 5 rings (SSSR count). The molecule has 0 saturated heterocycles. The molecule has 0 spiro atoms. The highest BCUT2D eigenvalue weighted by atomic mass is 19.4. The zero-order valence-electron chi connectivity index (χ0n) is 18.3. The van der Waals surface area contributed by atoms with Crippen LogP contribution in [0, 0.1) is 12.7 Å². The number of aromatic nitrogens is 7. The second-order valence-corrected chi connectivity index (χ2v) is 7.70.